The molecule has 16 heavy (non-hydrogen) atoms. The van der Waals surface area contributed by atoms with Crippen LogP contribution in [-0.4, -0.2) is 33.8 Å². The molecule has 3 nitrogen and oxygen atoms in total. The zero-order chi connectivity index (χ0) is 11.2. The summed E-state index contributed by atoms with van der Waals surface area (Å²) in [6, 6.07) is 6.21. The van der Waals surface area contributed by atoms with Crippen molar-refractivity contribution in [3.63, 3.8) is 0 Å². The van der Waals surface area contributed by atoms with Crippen LogP contribution in [-0.2, 0) is 17.2 Å². The second-order valence-corrected chi connectivity index (χ2v) is 6.38. The van der Waals surface area contributed by atoms with E-state index in [0.29, 0.717) is 5.41 Å². The van der Waals surface area contributed by atoms with Gasteiger partial charge in [0.15, 0.2) is 0 Å². The van der Waals surface area contributed by atoms with Crippen molar-refractivity contribution in [1.29, 1.82) is 0 Å². The van der Waals surface area contributed by atoms with Crippen molar-refractivity contribution in [3.8, 4) is 0 Å². The fourth-order valence-electron chi connectivity index (χ4n) is 2.59. The summed E-state index contributed by atoms with van der Waals surface area (Å²) >= 11 is 0. The number of pyridine rings is 1. The molecule has 2 aliphatic heterocycles. The van der Waals surface area contributed by atoms with E-state index < -0.39 is 10.8 Å². The van der Waals surface area contributed by atoms with Crippen molar-refractivity contribution in [1.82, 2.24) is 4.98 Å². The molecule has 0 aliphatic carbocycles. The zero-order valence-electron chi connectivity index (χ0n) is 9.48. The first-order chi connectivity index (χ1) is 7.71. The Bertz CT molecular complexity index is 430. The number of nitrogens with zero attached hydrogens (tertiary/aromatic N) is 2. The highest BCUT2D eigenvalue weighted by molar-refractivity contribution is 7.86. The molecule has 0 amide bonds. The average Bonchev–Trinajstić information content (AvgIpc) is 2.21. The minimum atomic E-state index is -0.534. The highest BCUT2D eigenvalue weighted by Gasteiger charge is 2.52. The average molecular weight is 236 g/mol. The van der Waals surface area contributed by atoms with Gasteiger partial charge in [0, 0.05) is 46.5 Å². The van der Waals surface area contributed by atoms with Crippen LogP contribution in [0.25, 0.3) is 0 Å². The molecule has 0 bridgehead atoms. The topological polar surface area (TPSA) is 33.2 Å². The highest BCUT2D eigenvalue weighted by atomic mass is 32.2. The van der Waals surface area contributed by atoms with Gasteiger partial charge in [-0.2, -0.15) is 0 Å². The lowest BCUT2D eigenvalue weighted by Crippen LogP contribution is -2.67. The lowest BCUT2D eigenvalue weighted by atomic mass is 9.83. The summed E-state index contributed by atoms with van der Waals surface area (Å²) < 4.78 is 11.1. The van der Waals surface area contributed by atoms with Crippen LogP contribution in [0.2, 0.25) is 0 Å². The van der Waals surface area contributed by atoms with E-state index >= 15 is 0 Å². The Morgan fingerprint density at radius 3 is 2.81 bits per heavy atom. The maximum absolute atomic E-state index is 11.1. The molecule has 2 aliphatic rings. The molecule has 0 N–H and O–H groups in total. The van der Waals surface area contributed by atoms with Gasteiger partial charge in [-0.05, 0) is 18.6 Å². The van der Waals surface area contributed by atoms with Crippen molar-refractivity contribution in [2.75, 3.05) is 29.5 Å². The van der Waals surface area contributed by atoms with Gasteiger partial charge in [0.2, 0.25) is 0 Å². The summed E-state index contributed by atoms with van der Waals surface area (Å²) in [5, 5.41) is 0. The predicted octanol–water partition coefficient (Wildman–Crippen LogP) is 1.21. The van der Waals surface area contributed by atoms with Crippen LogP contribution in [0.3, 0.4) is 0 Å². The first-order valence-corrected chi connectivity index (χ1v) is 7.25. The highest BCUT2D eigenvalue weighted by Crippen LogP contribution is 2.41. The van der Waals surface area contributed by atoms with Gasteiger partial charge in [-0.3, -0.25) is 4.21 Å². The van der Waals surface area contributed by atoms with E-state index in [0.717, 1.165) is 42.5 Å². The molecule has 2 fully saturated rings. The Morgan fingerprint density at radius 1 is 1.44 bits per heavy atom. The third-order valence-corrected chi connectivity index (χ3v) is 5.33. The van der Waals surface area contributed by atoms with Gasteiger partial charge in [-0.1, -0.05) is 13.0 Å². The van der Waals surface area contributed by atoms with Gasteiger partial charge in [-0.15, -0.1) is 0 Å². The number of hydrogen-bond acceptors (Lipinski definition) is 3. The van der Waals surface area contributed by atoms with Crippen LogP contribution >= 0.6 is 0 Å². The number of anilines is 1. The van der Waals surface area contributed by atoms with E-state index in [1.165, 1.54) is 0 Å². The molecule has 3 heterocycles. The fraction of sp³-hybridized carbons (Fsp3) is 0.583. The molecule has 1 aromatic heterocycles. The Morgan fingerprint density at radius 2 is 2.19 bits per heavy atom. The van der Waals surface area contributed by atoms with Gasteiger partial charge in [0.25, 0.3) is 0 Å². The number of hydrogen-bond donors (Lipinski definition) is 0. The summed E-state index contributed by atoms with van der Waals surface area (Å²) in [7, 11) is -0.534. The van der Waals surface area contributed by atoms with Gasteiger partial charge < -0.3 is 4.90 Å². The zero-order valence-corrected chi connectivity index (χ0v) is 10.3. The monoisotopic (exact) mass is 236 g/mol. The lowest BCUT2D eigenvalue weighted by molar-refractivity contribution is 0.262. The molecule has 3 rings (SSSR count). The molecular weight excluding hydrogens is 220 g/mol. The molecule has 0 unspecified atom stereocenters. The standard InChI is InChI=1S/C12H16N2OS/c1-2-10-4-3-5-11(13-10)14-6-12(7-14)8-16(15)9-12/h3-5H,2,6-9H2,1H3. The largest absolute Gasteiger partial charge is 0.355 e. The normalized spacial score (nSPS) is 22.9. The van der Waals surface area contributed by atoms with Crippen LogP contribution in [0.4, 0.5) is 5.82 Å². The van der Waals surface area contributed by atoms with Crippen molar-refractivity contribution < 1.29 is 4.21 Å². The summed E-state index contributed by atoms with van der Waals surface area (Å²) in [5.74, 6) is 2.89. The quantitative estimate of drug-likeness (QED) is 0.774. The van der Waals surface area contributed by atoms with E-state index in [4.69, 9.17) is 0 Å². The second-order valence-electron chi connectivity index (χ2n) is 4.93. The molecule has 86 valence electrons. The van der Waals surface area contributed by atoms with E-state index in [1.54, 1.807) is 0 Å². The first-order valence-electron chi connectivity index (χ1n) is 5.77. The second kappa shape index (κ2) is 3.55. The summed E-state index contributed by atoms with van der Waals surface area (Å²) in [6.07, 6.45) is 0.983. The van der Waals surface area contributed by atoms with Gasteiger partial charge in [-0.25, -0.2) is 4.98 Å². The Hall–Kier alpha value is -0.900. The minimum Gasteiger partial charge on any atom is -0.355 e. The van der Waals surface area contributed by atoms with E-state index in [9.17, 15) is 4.21 Å². The Kier molecular flexibility index (Phi) is 2.28. The molecule has 0 atom stereocenters. The number of aryl methyl sites for hydroxylation is 1. The minimum absolute atomic E-state index is 0.370. The van der Waals surface area contributed by atoms with Gasteiger partial charge in [0.05, 0.1) is 0 Å². The summed E-state index contributed by atoms with van der Waals surface area (Å²) in [4.78, 5) is 6.91. The van der Waals surface area contributed by atoms with Crippen LogP contribution in [0.5, 0.6) is 0 Å². The SMILES string of the molecule is CCc1cccc(N2CC3(C2)CS(=O)C3)n1. The molecule has 0 saturated carbocycles. The van der Waals surface area contributed by atoms with Crippen LogP contribution in [0, 0.1) is 5.41 Å². The first kappa shape index (κ1) is 10.3. The Balaban J connectivity index is 1.69. The van der Waals surface area contributed by atoms with Gasteiger partial charge >= 0.3 is 0 Å². The lowest BCUT2D eigenvalue weighted by Gasteiger charge is -2.55. The van der Waals surface area contributed by atoms with Crippen molar-refractivity contribution in [2.45, 2.75) is 13.3 Å². The van der Waals surface area contributed by atoms with E-state index in [2.05, 4.69) is 35.0 Å². The molecular formula is C12H16N2OS. The van der Waals surface area contributed by atoms with Crippen LogP contribution < -0.4 is 4.90 Å². The molecule has 4 heteroatoms. The number of aromatic nitrogens is 1. The third-order valence-electron chi connectivity index (χ3n) is 3.47. The number of rotatable bonds is 2. The molecule has 2 saturated heterocycles. The summed E-state index contributed by atoms with van der Waals surface area (Å²) in [6.45, 7) is 4.20. The summed E-state index contributed by atoms with van der Waals surface area (Å²) in [5.41, 5.74) is 1.52. The Labute approximate surface area is 98.3 Å². The van der Waals surface area contributed by atoms with E-state index in [-0.39, 0.29) is 0 Å². The maximum atomic E-state index is 11.1. The predicted molar refractivity (Wildman–Crippen MR) is 66.1 cm³/mol. The van der Waals surface area contributed by atoms with E-state index in [1.807, 2.05) is 0 Å². The van der Waals surface area contributed by atoms with Crippen LogP contribution in [0.1, 0.15) is 12.6 Å². The molecule has 0 aromatic carbocycles. The molecule has 1 spiro atoms. The fourth-order valence-corrected chi connectivity index (χ4v) is 4.24. The molecule has 0 radical (unpaired) electrons. The smallest absolute Gasteiger partial charge is 0.128 e. The third kappa shape index (κ3) is 1.56. The van der Waals surface area contributed by atoms with Gasteiger partial charge in [0.1, 0.15) is 5.82 Å². The maximum Gasteiger partial charge on any atom is 0.128 e. The molecule has 1 aromatic rings. The van der Waals surface area contributed by atoms with Crippen molar-refractivity contribution in [2.24, 2.45) is 5.41 Å². The van der Waals surface area contributed by atoms with Crippen molar-refractivity contribution in [3.05, 3.63) is 23.9 Å². The van der Waals surface area contributed by atoms with Crippen LogP contribution in [0.15, 0.2) is 18.2 Å². The van der Waals surface area contributed by atoms with Crippen molar-refractivity contribution >= 4 is 16.6 Å².